The first kappa shape index (κ1) is 12.8. The van der Waals surface area contributed by atoms with Crippen LogP contribution in [0, 0.1) is 0 Å². The monoisotopic (exact) mass is 249 g/mol. The van der Waals surface area contributed by atoms with Crippen LogP contribution in [-0.2, 0) is 0 Å². The third-order valence-electron chi connectivity index (χ3n) is 3.68. The van der Waals surface area contributed by atoms with Gasteiger partial charge in [0.05, 0.1) is 5.56 Å². The first-order valence-corrected chi connectivity index (χ1v) is 6.15. The number of piperazine rings is 1. The first-order chi connectivity index (χ1) is 8.49. The molecule has 2 heterocycles. The lowest BCUT2D eigenvalue weighted by atomic mass is 10.1. The molecule has 18 heavy (non-hydrogen) atoms. The second-order valence-electron chi connectivity index (χ2n) is 4.98. The fraction of sp³-hybridized carbons (Fsp3) is 0.538. The molecular formula is C13H19N3O2. The largest absolute Gasteiger partial charge is 0.478 e. The number of carbonyl (C=O) groups is 1. The van der Waals surface area contributed by atoms with Crippen LogP contribution in [0.2, 0.25) is 0 Å². The van der Waals surface area contributed by atoms with Gasteiger partial charge >= 0.3 is 5.97 Å². The summed E-state index contributed by atoms with van der Waals surface area (Å²) in [6.45, 7) is 6.21. The van der Waals surface area contributed by atoms with Gasteiger partial charge in [0.1, 0.15) is 5.82 Å². The van der Waals surface area contributed by atoms with Gasteiger partial charge in [0, 0.05) is 31.4 Å². The van der Waals surface area contributed by atoms with Crippen LogP contribution in [0.1, 0.15) is 24.2 Å². The molecular weight excluding hydrogens is 230 g/mol. The Kier molecular flexibility index (Phi) is 3.52. The second-order valence-corrected chi connectivity index (χ2v) is 4.98. The molecule has 2 rings (SSSR count). The maximum atomic E-state index is 10.8. The minimum absolute atomic E-state index is 0.231. The van der Waals surface area contributed by atoms with Crippen LogP contribution in [0.15, 0.2) is 18.3 Å². The van der Waals surface area contributed by atoms with Gasteiger partial charge in [-0.2, -0.15) is 0 Å². The van der Waals surface area contributed by atoms with Crippen molar-refractivity contribution in [2.45, 2.75) is 25.9 Å². The Morgan fingerprint density at radius 2 is 1.94 bits per heavy atom. The highest BCUT2D eigenvalue weighted by atomic mass is 16.4. The summed E-state index contributed by atoms with van der Waals surface area (Å²) in [7, 11) is 2.13. The number of pyridine rings is 1. The Morgan fingerprint density at radius 1 is 1.33 bits per heavy atom. The number of aromatic carboxylic acids is 1. The van der Waals surface area contributed by atoms with Crippen LogP contribution in [0.5, 0.6) is 0 Å². The molecule has 0 bridgehead atoms. The zero-order valence-electron chi connectivity index (χ0n) is 11.0. The number of nitrogens with zero attached hydrogens (tertiary/aromatic N) is 3. The van der Waals surface area contributed by atoms with Crippen molar-refractivity contribution in [2.24, 2.45) is 0 Å². The molecule has 0 amide bonds. The van der Waals surface area contributed by atoms with Crippen LogP contribution < -0.4 is 4.90 Å². The number of hydrogen-bond donors (Lipinski definition) is 1. The summed E-state index contributed by atoms with van der Waals surface area (Å²) in [5.41, 5.74) is 0.231. The van der Waals surface area contributed by atoms with Crippen molar-refractivity contribution < 1.29 is 9.90 Å². The van der Waals surface area contributed by atoms with Crippen molar-refractivity contribution in [1.29, 1.82) is 0 Å². The van der Waals surface area contributed by atoms with Crippen LogP contribution >= 0.6 is 0 Å². The summed E-state index contributed by atoms with van der Waals surface area (Å²) < 4.78 is 0. The molecule has 0 aromatic carbocycles. The van der Waals surface area contributed by atoms with Gasteiger partial charge in [-0.1, -0.05) is 0 Å². The Hall–Kier alpha value is -1.62. The van der Waals surface area contributed by atoms with E-state index in [9.17, 15) is 4.79 Å². The summed E-state index contributed by atoms with van der Waals surface area (Å²) in [6, 6.07) is 4.33. The molecule has 0 radical (unpaired) electrons. The van der Waals surface area contributed by atoms with E-state index in [1.54, 1.807) is 12.1 Å². The number of likely N-dealkylation sites (N-methyl/N-ethyl adjacent to an activating group) is 1. The minimum atomic E-state index is -0.936. The predicted molar refractivity (Wildman–Crippen MR) is 70.1 cm³/mol. The van der Waals surface area contributed by atoms with Crippen molar-refractivity contribution in [3.05, 3.63) is 23.9 Å². The normalized spacial score (nSPS) is 25.2. The van der Waals surface area contributed by atoms with Crippen molar-refractivity contribution in [2.75, 3.05) is 25.0 Å². The molecule has 1 aromatic heterocycles. The van der Waals surface area contributed by atoms with E-state index in [2.05, 4.69) is 35.7 Å². The van der Waals surface area contributed by atoms with E-state index in [0.29, 0.717) is 12.1 Å². The summed E-state index contributed by atoms with van der Waals surface area (Å²) >= 11 is 0. The Bertz CT molecular complexity index is 420. The topological polar surface area (TPSA) is 56.7 Å². The van der Waals surface area contributed by atoms with E-state index in [0.717, 1.165) is 18.9 Å². The zero-order valence-corrected chi connectivity index (χ0v) is 11.0. The number of aromatic nitrogens is 1. The third kappa shape index (κ3) is 2.46. The summed E-state index contributed by atoms with van der Waals surface area (Å²) in [5, 5.41) is 8.84. The standard InChI is InChI=1S/C13H19N3O2/c1-9-7-16(8-10(2)15(9)3)12-5-4-11(6-14-12)13(17)18/h4-6,9-10H,7-8H2,1-3H3,(H,17,18). The lowest BCUT2D eigenvalue weighted by Gasteiger charge is -2.42. The predicted octanol–water partition coefficient (Wildman–Crippen LogP) is 1.31. The first-order valence-electron chi connectivity index (χ1n) is 6.15. The molecule has 5 heteroatoms. The number of carboxylic acids is 1. The van der Waals surface area contributed by atoms with Crippen LogP contribution in [-0.4, -0.2) is 53.2 Å². The molecule has 1 saturated heterocycles. The van der Waals surface area contributed by atoms with Gasteiger partial charge in [-0.05, 0) is 33.0 Å². The Morgan fingerprint density at radius 3 is 2.39 bits per heavy atom. The van der Waals surface area contributed by atoms with Crippen molar-refractivity contribution in [3.8, 4) is 0 Å². The summed E-state index contributed by atoms with van der Waals surface area (Å²) in [4.78, 5) is 19.6. The van der Waals surface area contributed by atoms with Gasteiger partial charge in [-0.15, -0.1) is 0 Å². The average molecular weight is 249 g/mol. The van der Waals surface area contributed by atoms with Crippen molar-refractivity contribution in [3.63, 3.8) is 0 Å². The van der Waals surface area contributed by atoms with Crippen LogP contribution in [0.25, 0.3) is 0 Å². The van der Waals surface area contributed by atoms with Gasteiger partial charge in [0.2, 0.25) is 0 Å². The van der Waals surface area contributed by atoms with Crippen molar-refractivity contribution >= 4 is 11.8 Å². The minimum Gasteiger partial charge on any atom is -0.478 e. The van der Waals surface area contributed by atoms with Crippen LogP contribution in [0.4, 0.5) is 5.82 Å². The average Bonchev–Trinajstić information content (AvgIpc) is 2.35. The smallest absolute Gasteiger partial charge is 0.337 e. The van der Waals surface area contributed by atoms with E-state index in [1.165, 1.54) is 6.20 Å². The van der Waals surface area contributed by atoms with E-state index < -0.39 is 5.97 Å². The molecule has 1 aliphatic heterocycles. The Balaban J connectivity index is 2.14. The fourth-order valence-electron chi connectivity index (χ4n) is 2.29. The second kappa shape index (κ2) is 4.94. The van der Waals surface area contributed by atoms with Gasteiger partial charge in [0.15, 0.2) is 0 Å². The molecule has 0 spiro atoms. The number of rotatable bonds is 2. The molecule has 1 aromatic rings. The van der Waals surface area contributed by atoms with Gasteiger partial charge in [-0.25, -0.2) is 9.78 Å². The number of carboxylic acid groups (broad SMARTS) is 1. The van der Waals surface area contributed by atoms with E-state index in [1.807, 2.05) is 0 Å². The van der Waals surface area contributed by atoms with Gasteiger partial charge in [0.25, 0.3) is 0 Å². The molecule has 2 atom stereocenters. The highest BCUT2D eigenvalue weighted by Gasteiger charge is 2.27. The van der Waals surface area contributed by atoms with Gasteiger partial charge < -0.3 is 10.0 Å². The lowest BCUT2D eigenvalue weighted by Crippen LogP contribution is -2.55. The van der Waals surface area contributed by atoms with E-state index in [-0.39, 0.29) is 5.56 Å². The fourth-order valence-corrected chi connectivity index (χ4v) is 2.29. The van der Waals surface area contributed by atoms with Crippen molar-refractivity contribution in [1.82, 2.24) is 9.88 Å². The highest BCUT2D eigenvalue weighted by Crippen LogP contribution is 2.19. The molecule has 5 nitrogen and oxygen atoms in total. The Labute approximate surface area is 107 Å². The lowest BCUT2D eigenvalue weighted by molar-refractivity contribution is 0.0696. The van der Waals surface area contributed by atoms with E-state index >= 15 is 0 Å². The molecule has 1 N–H and O–H groups in total. The zero-order chi connectivity index (χ0) is 13.3. The van der Waals surface area contributed by atoms with Gasteiger partial charge in [-0.3, -0.25) is 4.90 Å². The third-order valence-corrected chi connectivity index (χ3v) is 3.68. The summed E-state index contributed by atoms with van der Waals surface area (Å²) in [6.07, 6.45) is 1.42. The highest BCUT2D eigenvalue weighted by molar-refractivity contribution is 5.87. The quantitative estimate of drug-likeness (QED) is 0.856. The SMILES string of the molecule is CC1CN(c2ccc(C(=O)O)cn2)CC(C)N1C. The van der Waals surface area contributed by atoms with Crippen LogP contribution in [0.3, 0.4) is 0 Å². The molecule has 2 unspecified atom stereocenters. The molecule has 0 aliphatic carbocycles. The molecule has 1 fully saturated rings. The molecule has 98 valence electrons. The number of anilines is 1. The molecule has 1 aliphatic rings. The maximum absolute atomic E-state index is 10.8. The molecule has 0 saturated carbocycles. The maximum Gasteiger partial charge on any atom is 0.337 e. The summed E-state index contributed by atoms with van der Waals surface area (Å²) in [5.74, 6) is -0.0824. The number of hydrogen-bond acceptors (Lipinski definition) is 4. The van der Waals surface area contributed by atoms with E-state index in [4.69, 9.17) is 5.11 Å².